The number of piperidine rings is 1. The van der Waals surface area contributed by atoms with Crippen molar-refractivity contribution in [3.05, 3.63) is 35.9 Å². The van der Waals surface area contributed by atoms with E-state index in [1.807, 2.05) is 0 Å². The van der Waals surface area contributed by atoms with Crippen LogP contribution in [0.1, 0.15) is 23.7 Å². The number of carbonyl (C=O) groups is 1. The van der Waals surface area contributed by atoms with Crippen molar-refractivity contribution >= 4 is 41.8 Å². The molecule has 2 heterocycles. The van der Waals surface area contributed by atoms with Gasteiger partial charge in [0, 0.05) is 24.5 Å². The van der Waals surface area contributed by atoms with Crippen molar-refractivity contribution in [1.82, 2.24) is 20.6 Å². The van der Waals surface area contributed by atoms with Crippen LogP contribution in [0, 0.1) is 11.7 Å². The predicted molar refractivity (Wildman–Crippen MR) is 91.9 cm³/mol. The zero-order valence-corrected chi connectivity index (χ0v) is 14.2. The van der Waals surface area contributed by atoms with E-state index >= 15 is 0 Å². The van der Waals surface area contributed by atoms with Gasteiger partial charge in [-0.3, -0.25) is 14.8 Å². The van der Waals surface area contributed by atoms with Crippen molar-refractivity contribution < 1.29 is 9.18 Å². The van der Waals surface area contributed by atoms with Crippen LogP contribution in [-0.2, 0) is 0 Å². The molecule has 1 aliphatic rings. The van der Waals surface area contributed by atoms with Crippen LogP contribution in [0.3, 0.4) is 0 Å². The van der Waals surface area contributed by atoms with E-state index < -0.39 is 5.82 Å². The molecule has 0 aliphatic carbocycles. The Labute approximate surface area is 146 Å². The Kier molecular flexibility index (Phi) is 7.12. The quantitative estimate of drug-likeness (QED) is 0.862. The summed E-state index contributed by atoms with van der Waals surface area (Å²) in [5.74, 6) is -0.432. The summed E-state index contributed by atoms with van der Waals surface area (Å²) in [4.78, 5) is 20.7. The molecular weight excluding hydrogens is 342 g/mol. The highest BCUT2D eigenvalue weighted by atomic mass is 35.5. The molecule has 2 unspecified atom stereocenters. The first kappa shape index (κ1) is 19.5. The van der Waals surface area contributed by atoms with Crippen molar-refractivity contribution in [2.75, 3.05) is 13.1 Å². The van der Waals surface area contributed by atoms with Gasteiger partial charge in [-0.2, -0.15) is 0 Å². The lowest BCUT2D eigenvalue weighted by Crippen LogP contribution is -2.48. The topological polar surface area (TPSA) is 66.9 Å². The molecular formula is C15H19Cl2FN4O. The summed E-state index contributed by atoms with van der Waals surface area (Å²) in [7, 11) is 0. The fraction of sp³-hybridized carbons (Fsp3) is 0.400. The van der Waals surface area contributed by atoms with Gasteiger partial charge in [-0.05, 0) is 31.5 Å². The number of nitrogens with zero attached hydrogens (tertiary/aromatic N) is 2. The Hall–Kier alpha value is -1.50. The highest BCUT2D eigenvalue weighted by Gasteiger charge is 2.24. The number of benzene rings is 1. The molecule has 8 heteroatoms. The molecule has 2 aromatic rings. The molecule has 1 aromatic carbocycles. The van der Waals surface area contributed by atoms with Crippen LogP contribution in [0.2, 0.25) is 0 Å². The van der Waals surface area contributed by atoms with E-state index in [2.05, 4.69) is 27.5 Å². The number of aromatic nitrogens is 2. The van der Waals surface area contributed by atoms with Gasteiger partial charge in [0.2, 0.25) is 0 Å². The smallest absolute Gasteiger partial charge is 0.253 e. The lowest BCUT2D eigenvalue weighted by molar-refractivity contribution is 0.0915. The van der Waals surface area contributed by atoms with Crippen molar-refractivity contribution in [2.45, 2.75) is 19.4 Å². The van der Waals surface area contributed by atoms with Gasteiger partial charge in [0.05, 0.1) is 11.1 Å². The van der Waals surface area contributed by atoms with E-state index in [0.29, 0.717) is 17.0 Å². The molecule has 1 aromatic heterocycles. The Balaban J connectivity index is 0.00000132. The van der Waals surface area contributed by atoms with Crippen LogP contribution < -0.4 is 10.6 Å². The average molecular weight is 361 g/mol. The van der Waals surface area contributed by atoms with Crippen LogP contribution in [0.5, 0.6) is 0 Å². The van der Waals surface area contributed by atoms with E-state index in [4.69, 9.17) is 0 Å². The zero-order chi connectivity index (χ0) is 14.8. The Morgan fingerprint density at radius 2 is 2.04 bits per heavy atom. The predicted octanol–water partition coefficient (Wildman–Crippen LogP) is 2.34. The van der Waals surface area contributed by atoms with Gasteiger partial charge in [0.25, 0.3) is 5.91 Å². The number of fused-ring (bicyclic) bond motifs is 1. The molecule has 1 fully saturated rings. The minimum Gasteiger partial charge on any atom is -0.349 e. The van der Waals surface area contributed by atoms with Gasteiger partial charge in [-0.15, -0.1) is 24.8 Å². The number of carbonyl (C=O) groups excluding carboxylic acids is 1. The second-order valence-corrected chi connectivity index (χ2v) is 5.43. The fourth-order valence-corrected chi connectivity index (χ4v) is 2.69. The Morgan fingerprint density at radius 1 is 1.30 bits per heavy atom. The lowest BCUT2D eigenvalue weighted by atomic mass is 9.95. The van der Waals surface area contributed by atoms with Crippen molar-refractivity contribution in [2.24, 2.45) is 5.92 Å². The molecule has 1 amide bonds. The van der Waals surface area contributed by atoms with E-state index in [0.717, 1.165) is 19.5 Å². The average Bonchev–Trinajstić information content (AvgIpc) is 2.48. The molecule has 2 atom stereocenters. The summed E-state index contributed by atoms with van der Waals surface area (Å²) >= 11 is 0. The highest BCUT2D eigenvalue weighted by Crippen LogP contribution is 2.18. The standard InChI is InChI=1S/C15H17FN4O.2ClH/c1-9-8-17-3-2-12(9)20-15(21)11-6-10(16)7-13-14(11)19-5-4-18-13;;/h4-7,9,12,17H,2-3,8H2,1H3,(H,20,21);2*1H. The summed E-state index contributed by atoms with van der Waals surface area (Å²) < 4.78 is 13.7. The van der Waals surface area contributed by atoms with E-state index in [1.54, 1.807) is 0 Å². The first-order chi connectivity index (χ1) is 10.1. The summed E-state index contributed by atoms with van der Waals surface area (Å²) in [5, 5.41) is 6.27. The number of hydrogen-bond acceptors (Lipinski definition) is 4. The van der Waals surface area contributed by atoms with Crippen molar-refractivity contribution in [3.8, 4) is 0 Å². The minimum atomic E-state index is -0.480. The molecule has 2 N–H and O–H groups in total. The van der Waals surface area contributed by atoms with Gasteiger partial charge in [0.15, 0.2) is 0 Å². The zero-order valence-electron chi connectivity index (χ0n) is 12.6. The van der Waals surface area contributed by atoms with Gasteiger partial charge in [-0.25, -0.2) is 4.39 Å². The number of nitrogens with one attached hydrogen (secondary N) is 2. The van der Waals surface area contributed by atoms with Crippen molar-refractivity contribution in [3.63, 3.8) is 0 Å². The SMILES string of the molecule is CC1CNCCC1NC(=O)c1cc(F)cc2nccnc12.Cl.Cl. The van der Waals surface area contributed by atoms with Crippen LogP contribution in [0.15, 0.2) is 24.5 Å². The third-order valence-corrected chi connectivity index (χ3v) is 3.88. The largest absolute Gasteiger partial charge is 0.349 e. The number of halogens is 3. The van der Waals surface area contributed by atoms with Gasteiger partial charge >= 0.3 is 0 Å². The van der Waals surface area contributed by atoms with Crippen LogP contribution in [-0.4, -0.2) is 35.0 Å². The first-order valence-electron chi connectivity index (χ1n) is 7.07. The summed E-state index contributed by atoms with van der Waals surface area (Å²) in [6.07, 6.45) is 3.86. The third-order valence-electron chi connectivity index (χ3n) is 3.88. The molecule has 0 bridgehead atoms. The van der Waals surface area contributed by atoms with Gasteiger partial charge in [0.1, 0.15) is 11.3 Å². The van der Waals surface area contributed by atoms with E-state index in [1.165, 1.54) is 24.5 Å². The molecule has 23 heavy (non-hydrogen) atoms. The van der Waals surface area contributed by atoms with Crippen LogP contribution in [0.4, 0.5) is 4.39 Å². The Bertz CT molecular complexity index is 686. The van der Waals surface area contributed by atoms with Crippen LogP contribution >= 0.6 is 24.8 Å². The summed E-state index contributed by atoms with van der Waals surface area (Å²) in [5.41, 5.74) is 1.06. The van der Waals surface area contributed by atoms with Crippen LogP contribution in [0.25, 0.3) is 11.0 Å². The third kappa shape index (κ3) is 4.28. The van der Waals surface area contributed by atoms with Crippen molar-refractivity contribution in [1.29, 1.82) is 0 Å². The van der Waals surface area contributed by atoms with E-state index in [9.17, 15) is 9.18 Å². The monoisotopic (exact) mass is 360 g/mol. The molecule has 1 aliphatic heterocycles. The second-order valence-electron chi connectivity index (χ2n) is 5.43. The summed E-state index contributed by atoms with van der Waals surface area (Å²) in [6, 6.07) is 2.60. The minimum absolute atomic E-state index is 0. The molecule has 126 valence electrons. The van der Waals surface area contributed by atoms with E-state index in [-0.39, 0.29) is 42.3 Å². The lowest BCUT2D eigenvalue weighted by Gasteiger charge is -2.30. The molecule has 1 saturated heterocycles. The molecule has 0 spiro atoms. The number of amides is 1. The first-order valence-corrected chi connectivity index (χ1v) is 7.07. The maximum atomic E-state index is 13.7. The molecule has 5 nitrogen and oxygen atoms in total. The van der Waals surface area contributed by atoms with Gasteiger partial charge < -0.3 is 10.6 Å². The number of hydrogen-bond donors (Lipinski definition) is 2. The summed E-state index contributed by atoms with van der Waals surface area (Å²) in [6.45, 7) is 3.83. The maximum absolute atomic E-state index is 13.7. The molecule has 3 rings (SSSR count). The maximum Gasteiger partial charge on any atom is 0.253 e. The number of rotatable bonds is 2. The fourth-order valence-electron chi connectivity index (χ4n) is 2.69. The molecule has 0 saturated carbocycles. The van der Waals surface area contributed by atoms with Gasteiger partial charge in [-0.1, -0.05) is 6.92 Å². The second kappa shape index (κ2) is 8.38. The Morgan fingerprint density at radius 3 is 2.78 bits per heavy atom. The molecule has 0 radical (unpaired) electrons. The normalized spacial score (nSPS) is 20.3. The highest BCUT2D eigenvalue weighted by molar-refractivity contribution is 6.04.